The number of carboxylic acids is 1. The first kappa shape index (κ1) is 65.5. The fraction of sp³-hybridized carbons (Fsp3) is 0.660. The predicted molar refractivity (Wildman–Crippen MR) is 286 cm³/mol. The molecule has 1 aromatic heterocycles. The van der Waals surface area contributed by atoms with Crippen molar-refractivity contribution in [2.75, 3.05) is 13.2 Å². The molecule has 0 radical (unpaired) electrons. The second kappa shape index (κ2) is 31.4. The fourth-order valence-electron chi connectivity index (χ4n) is 8.23. The van der Waals surface area contributed by atoms with Gasteiger partial charge in [-0.05, 0) is 79.7 Å². The van der Waals surface area contributed by atoms with Crippen molar-refractivity contribution in [1.29, 1.82) is 0 Å². The van der Waals surface area contributed by atoms with Crippen LogP contribution in [0.5, 0.6) is 0 Å². The Morgan fingerprint density at radius 3 is 1.43 bits per heavy atom. The number of aromatic nitrogens is 1. The third-order valence-electron chi connectivity index (χ3n) is 12.3. The Kier molecular flexibility index (Phi) is 27.1. The summed E-state index contributed by atoms with van der Waals surface area (Å²) >= 11 is 0. The van der Waals surface area contributed by atoms with E-state index in [0.29, 0.717) is 6.42 Å². The number of amides is 9. The minimum Gasteiger partial charge on any atom is -0.480 e. The largest absolute Gasteiger partial charge is 0.480 e. The Hall–Kier alpha value is -6.62. The maximum atomic E-state index is 14.1. The standard InChI is InChI=1S/C53H87N11O12/c1-26(2)18-35(54)46(68)59-39(22-33-23-55-36-17-15-14-16-34(33)36)49(71)63-44(31(11)12)52(74)62-41(25-65)50(72)64-43(30(9)10)51(73)60-38(20-28(5)6)47(69)57-32(13)45(67)56-24-42(66)58-37(19-27(3)4)48(70)61-40(53(75)76)21-29(7)8/h14-17,23,26-32,35,37-41,43-44,55,65H,18-22,24-25,54H2,1-13H3,(H,56,67)(H,57,69)(H,58,66)(H,59,68)(H,60,73)(H,61,70)(H,62,74)(H,63,71)(H,64,72)(H,75,76)/t32-,35-,37-,38-,39-,40-,41-,43-,44-/m0/s1. The van der Waals surface area contributed by atoms with Crippen LogP contribution in [0.25, 0.3) is 10.9 Å². The molecule has 1 aromatic carbocycles. The van der Waals surface area contributed by atoms with Crippen molar-refractivity contribution in [3.05, 3.63) is 36.0 Å². The Morgan fingerprint density at radius 2 is 0.934 bits per heavy atom. The lowest BCUT2D eigenvalue weighted by atomic mass is 9.99. The van der Waals surface area contributed by atoms with Crippen molar-refractivity contribution in [3.8, 4) is 0 Å². The third kappa shape index (κ3) is 21.9. The number of nitrogens with one attached hydrogen (secondary N) is 10. The number of aliphatic hydroxyl groups excluding tert-OH is 1. The van der Waals surface area contributed by atoms with E-state index in [0.717, 1.165) is 16.5 Å². The number of H-pyrrole nitrogens is 1. The number of hydrogen-bond donors (Lipinski definition) is 13. The van der Waals surface area contributed by atoms with Gasteiger partial charge in [-0.2, -0.15) is 0 Å². The molecule has 0 unspecified atom stereocenters. The van der Waals surface area contributed by atoms with Gasteiger partial charge in [-0.15, -0.1) is 0 Å². The van der Waals surface area contributed by atoms with Crippen molar-refractivity contribution in [2.24, 2.45) is 41.2 Å². The average Bonchev–Trinajstić information content (AvgIpc) is 3.73. The molecule has 0 saturated carbocycles. The van der Waals surface area contributed by atoms with Crippen molar-refractivity contribution < 1.29 is 58.2 Å². The molecular formula is C53H87N11O12. The summed E-state index contributed by atoms with van der Waals surface area (Å²) in [5.74, 6) is -9.32. The lowest BCUT2D eigenvalue weighted by molar-refractivity contribution is -0.142. The summed E-state index contributed by atoms with van der Waals surface area (Å²) in [6.07, 6.45) is 2.59. The number of benzene rings is 1. The van der Waals surface area contributed by atoms with Gasteiger partial charge in [-0.3, -0.25) is 43.2 Å². The second-order valence-electron chi connectivity index (χ2n) is 22.0. The smallest absolute Gasteiger partial charge is 0.326 e. The lowest BCUT2D eigenvalue weighted by Crippen LogP contribution is -2.62. The molecule has 23 heteroatoms. The van der Waals surface area contributed by atoms with Crippen molar-refractivity contribution in [3.63, 3.8) is 0 Å². The van der Waals surface area contributed by atoms with Gasteiger partial charge in [-0.25, -0.2) is 4.79 Å². The molecule has 1 heterocycles. The van der Waals surface area contributed by atoms with Crippen LogP contribution < -0.4 is 53.6 Å². The zero-order valence-electron chi connectivity index (χ0n) is 46.6. The van der Waals surface area contributed by atoms with Gasteiger partial charge in [0.2, 0.25) is 53.2 Å². The molecule has 23 nitrogen and oxygen atoms in total. The van der Waals surface area contributed by atoms with Gasteiger partial charge < -0.3 is 68.8 Å². The molecule has 0 spiro atoms. The summed E-state index contributed by atoms with van der Waals surface area (Å²) in [5.41, 5.74) is 7.72. The second-order valence-corrected chi connectivity index (χ2v) is 22.0. The maximum Gasteiger partial charge on any atom is 0.326 e. The SMILES string of the molecule is CC(C)C[C@H](NC(=O)[C@H](CC(C)C)NC(=O)CNC(=O)[C@H](C)NC(=O)[C@H](CC(C)C)NC(=O)[C@@H](NC(=O)[C@H](CO)NC(=O)[C@@H](NC(=O)[C@H](Cc1c[nH]c2ccccc12)NC(=O)[C@@H](N)CC(C)C)C(C)C)C(C)C)C(=O)O. The van der Waals surface area contributed by atoms with Gasteiger partial charge in [0.25, 0.3) is 0 Å². The van der Waals surface area contributed by atoms with Crippen LogP contribution in [0.2, 0.25) is 0 Å². The summed E-state index contributed by atoms with van der Waals surface area (Å²) < 4.78 is 0. The van der Waals surface area contributed by atoms with Gasteiger partial charge in [0, 0.05) is 23.5 Å². The number of aliphatic hydroxyl groups is 1. The molecule has 76 heavy (non-hydrogen) atoms. The van der Waals surface area contributed by atoms with Crippen LogP contribution in [0, 0.1) is 35.5 Å². The van der Waals surface area contributed by atoms with E-state index in [9.17, 15) is 58.2 Å². The molecule has 0 aliphatic rings. The highest BCUT2D eigenvalue weighted by atomic mass is 16.4. The van der Waals surface area contributed by atoms with E-state index >= 15 is 0 Å². The average molecular weight is 1070 g/mol. The molecule has 9 atom stereocenters. The number of aliphatic carboxylic acids is 1. The molecule has 426 valence electrons. The van der Waals surface area contributed by atoms with Gasteiger partial charge in [0.1, 0.15) is 48.3 Å². The molecule has 0 aliphatic heterocycles. The predicted octanol–water partition coefficient (Wildman–Crippen LogP) is 0.625. The number of aromatic amines is 1. The molecule has 14 N–H and O–H groups in total. The number of rotatable bonds is 32. The van der Waals surface area contributed by atoms with Gasteiger partial charge >= 0.3 is 5.97 Å². The Morgan fingerprint density at radius 1 is 0.500 bits per heavy atom. The summed E-state index contributed by atoms with van der Waals surface area (Å²) in [6, 6.07) is -3.53. The highest BCUT2D eigenvalue weighted by Crippen LogP contribution is 2.20. The first-order chi connectivity index (χ1) is 35.4. The van der Waals surface area contributed by atoms with Crippen LogP contribution in [-0.4, -0.2) is 142 Å². The highest BCUT2D eigenvalue weighted by molar-refractivity contribution is 5.98. The summed E-state index contributed by atoms with van der Waals surface area (Å²) in [5, 5.41) is 43.9. The first-order valence-corrected chi connectivity index (χ1v) is 26.3. The molecule has 2 aromatic rings. The van der Waals surface area contributed by atoms with Crippen LogP contribution in [0.15, 0.2) is 30.5 Å². The van der Waals surface area contributed by atoms with Crippen molar-refractivity contribution in [2.45, 2.75) is 176 Å². The molecule has 0 fully saturated rings. The van der Waals surface area contributed by atoms with E-state index < -0.39 is 138 Å². The number of fused-ring (bicyclic) bond motifs is 1. The van der Waals surface area contributed by atoms with E-state index in [1.807, 2.05) is 65.8 Å². The highest BCUT2D eigenvalue weighted by Gasteiger charge is 2.36. The summed E-state index contributed by atoms with van der Waals surface area (Å²) in [6.45, 7) is 21.1. The quantitative estimate of drug-likeness (QED) is 0.0479. The van der Waals surface area contributed by atoms with E-state index in [4.69, 9.17) is 5.73 Å². The summed E-state index contributed by atoms with van der Waals surface area (Å²) in [7, 11) is 0. The van der Waals surface area contributed by atoms with Gasteiger partial charge in [0.15, 0.2) is 0 Å². The van der Waals surface area contributed by atoms with E-state index in [-0.39, 0.29) is 49.4 Å². The third-order valence-corrected chi connectivity index (χ3v) is 12.3. The summed E-state index contributed by atoms with van der Waals surface area (Å²) in [4.78, 5) is 137. The fourth-order valence-corrected chi connectivity index (χ4v) is 8.23. The Balaban J connectivity index is 2.17. The van der Waals surface area contributed by atoms with Crippen LogP contribution in [0.4, 0.5) is 0 Å². The van der Waals surface area contributed by atoms with Crippen LogP contribution >= 0.6 is 0 Å². The zero-order valence-corrected chi connectivity index (χ0v) is 46.6. The van der Waals surface area contributed by atoms with Crippen molar-refractivity contribution >= 4 is 70.0 Å². The number of nitrogens with two attached hydrogens (primary N) is 1. The van der Waals surface area contributed by atoms with Crippen LogP contribution in [-0.2, 0) is 54.4 Å². The molecule has 0 aliphatic carbocycles. The number of para-hydroxylation sites is 1. The van der Waals surface area contributed by atoms with Crippen LogP contribution in [0.1, 0.15) is 121 Å². The normalized spacial score (nSPS) is 15.2. The Bertz CT molecular complexity index is 2300. The zero-order chi connectivity index (χ0) is 57.7. The lowest BCUT2D eigenvalue weighted by Gasteiger charge is -2.29. The van der Waals surface area contributed by atoms with Crippen molar-refractivity contribution in [1.82, 2.24) is 52.8 Å². The topological polar surface area (TPSA) is 361 Å². The van der Waals surface area contributed by atoms with E-state index in [1.54, 1.807) is 47.7 Å². The maximum absolute atomic E-state index is 14.1. The first-order valence-electron chi connectivity index (χ1n) is 26.3. The molecular weight excluding hydrogens is 983 g/mol. The number of hydrogen-bond acceptors (Lipinski definition) is 12. The van der Waals surface area contributed by atoms with E-state index in [1.165, 1.54) is 6.92 Å². The minimum absolute atomic E-state index is 0.0325. The minimum atomic E-state index is -1.61. The number of carbonyl (C=O) groups excluding carboxylic acids is 9. The number of carboxylic acid groups (broad SMARTS) is 1. The van der Waals surface area contributed by atoms with Gasteiger partial charge in [0.05, 0.1) is 19.2 Å². The molecule has 0 bridgehead atoms. The monoisotopic (exact) mass is 1070 g/mol. The number of carbonyl (C=O) groups is 10. The molecule has 9 amide bonds. The molecule has 2 rings (SSSR count). The Labute approximate surface area is 446 Å². The van der Waals surface area contributed by atoms with Gasteiger partial charge in [-0.1, -0.05) is 101 Å². The van der Waals surface area contributed by atoms with E-state index in [2.05, 4.69) is 52.8 Å². The van der Waals surface area contributed by atoms with Crippen LogP contribution in [0.3, 0.4) is 0 Å². The molecule has 0 saturated heterocycles.